The van der Waals surface area contributed by atoms with E-state index in [1.54, 1.807) is 0 Å². The van der Waals surface area contributed by atoms with Crippen LogP contribution in [-0.4, -0.2) is 46.0 Å². The highest BCUT2D eigenvalue weighted by Gasteiger charge is 2.33. The number of aromatic nitrogens is 3. The van der Waals surface area contributed by atoms with Gasteiger partial charge in [0.2, 0.25) is 5.95 Å². The van der Waals surface area contributed by atoms with Crippen molar-refractivity contribution in [2.75, 3.05) is 30.1 Å². The van der Waals surface area contributed by atoms with Gasteiger partial charge >= 0.3 is 0 Å². The summed E-state index contributed by atoms with van der Waals surface area (Å²) in [5.41, 5.74) is 0. The van der Waals surface area contributed by atoms with Gasteiger partial charge in [0, 0.05) is 26.2 Å². The van der Waals surface area contributed by atoms with Gasteiger partial charge in [0.1, 0.15) is 6.10 Å². The number of anilines is 1. The van der Waals surface area contributed by atoms with E-state index in [4.69, 9.17) is 4.74 Å². The molecule has 0 radical (unpaired) electrons. The molecule has 0 N–H and O–H groups in total. The quantitative estimate of drug-likeness (QED) is 0.836. The Morgan fingerprint density at radius 2 is 2.19 bits per heavy atom. The molecule has 6 heteroatoms. The van der Waals surface area contributed by atoms with Gasteiger partial charge < -0.3 is 9.64 Å². The predicted molar refractivity (Wildman–Crippen MR) is 84.8 cm³/mol. The van der Waals surface area contributed by atoms with Crippen molar-refractivity contribution in [3.8, 4) is 0 Å². The molecular weight excluding hydrogens is 284 g/mol. The number of hydrogen-bond donors (Lipinski definition) is 0. The highest BCUT2D eigenvalue weighted by Crippen LogP contribution is 2.35. The van der Waals surface area contributed by atoms with E-state index >= 15 is 0 Å². The van der Waals surface area contributed by atoms with Crippen molar-refractivity contribution in [2.45, 2.75) is 50.8 Å². The van der Waals surface area contributed by atoms with Crippen LogP contribution >= 0.6 is 11.8 Å². The monoisotopic (exact) mass is 308 g/mol. The van der Waals surface area contributed by atoms with Crippen molar-refractivity contribution in [1.82, 2.24) is 14.8 Å². The minimum atomic E-state index is 0.160. The lowest BCUT2D eigenvalue weighted by Gasteiger charge is -2.22. The number of nitrogens with zero attached hydrogens (tertiary/aromatic N) is 4. The van der Waals surface area contributed by atoms with Crippen LogP contribution in [0.4, 0.5) is 5.95 Å². The van der Waals surface area contributed by atoms with E-state index in [9.17, 15) is 0 Å². The summed E-state index contributed by atoms with van der Waals surface area (Å²) in [5, 5.41) is 9.03. The van der Waals surface area contributed by atoms with Crippen molar-refractivity contribution in [2.24, 2.45) is 5.92 Å². The molecule has 1 aliphatic carbocycles. The van der Waals surface area contributed by atoms with Crippen molar-refractivity contribution >= 4 is 17.7 Å². The molecule has 3 aliphatic rings. The molecule has 116 valence electrons. The maximum atomic E-state index is 5.87. The van der Waals surface area contributed by atoms with Crippen LogP contribution in [0.2, 0.25) is 0 Å². The largest absolute Gasteiger partial charge is 0.370 e. The Hall–Kier alpha value is -0.750. The molecule has 0 amide bonds. The van der Waals surface area contributed by atoms with Crippen LogP contribution in [0.25, 0.3) is 0 Å². The first-order chi connectivity index (χ1) is 10.3. The first-order valence-corrected chi connectivity index (χ1v) is 9.33. The maximum Gasteiger partial charge on any atom is 0.227 e. The zero-order chi connectivity index (χ0) is 14.2. The summed E-state index contributed by atoms with van der Waals surface area (Å²) in [6, 6.07) is 0.670. The second-order valence-electron chi connectivity index (χ2n) is 6.54. The van der Waals surface area contributed by atoms with Gasteiger partial charge in [-0.2, -0.15) is 11.8 Å². The topological polar surface area (TPSA) is 43.2 Å². The van der Waals surface area contributed by atoms with E-state index in [0.717, 1.165) is 43.7 Å². The summed E-state index contributed by atoms with van der Waals surface area (Å²) >= 11 is 2.08. The normalized spacial score (nSPS) is 29.2. The van der Waals surface area contributed by atoms with Crippen LogP contribution in [0, 0.1) is 5.92 Å². The van der Waals surface area contributed by atoms with Crippen LogP contribution in [0.15, 0.2) is 0 Å². The summed E-state index contributed by atoms with van der Waals surface area (Å²) in [4.78, 5) is 2.33. The van der Waals surface area contributed by atoms with Gasteiger partial charge in [-0.1, -0.05) is 0 Å². The lowest BCUT2D eigenvalue weighted by atomic mass is 10.1. The molecule has 2 aliphatic heterocycles. The third kappa shape index (κ3) is 2.80. The fraction of sp³-hybridized carbons (Fsp3) is 0.867. The molecule has 2 unspecified atom stereocenters. The molecule has 1 aromatic rings. The Morgan fingerprint density at radius 3 is 2.86 bits per heavy atom. The van der Waals surface area contributed by atoms with Crippen molar-refractivity contribution in [3.05, 3.63) is 5.82 Å². The molecule has 0 aromatic carbocycles. The average molecular weight is 308 g/mol. The maximum absolute atomic E-state index is 5.87. The van der Waals surface area contributed by atoms with E-state index in [2.05, 4.69) is 38.5 Å². The summed E-state index contributed by atoms with van der Waals surface area (Å²) in [7, 11) is 2.17. The molecule has 4 rings (SSSR count). The Morgan fingerprint density at radius 1 is 1.29 bits per heavy atom. The molecule has 2 atom stereocenters. The van der Waals surface area contributed by atoms with E-state index in [1.807, 2.05) is 0 Å². The third-order valence-electron chi connectivity index (χ3n) is 4.85. The molecule has 2 saturated heterocycles. The Labute approximate surface area is 130 Å². The minimum Gasteiger partial charge on any atom is -0.370 e. The van der Waals surface area contributed by atoms with E-state index < -0.39 is 0 Å². The Balaban J connectivity index is 1.62. The average Bonchev–Trinajstić information content (AvgIpc) is 2.93. The fourth-order valence-corrected chi connectivity index (χ4v) is 4.64. The second kappa shape index (κ2) is 5.80. The minimum absolute atomic E-state index is 0.160. The fourth-order valence-electron chi connectivity index (χ4n) is 3.37. The Bertz CT molecular complexity index is 470. The van der Waals surface area contributed by atoms with Crippen LogP contribution < -0.4 is 4.90 Å². The molecule has 21 heavy (non-hydrogen) atoms. The van der Waals surface area contributed by atoms with Gasteiger partial charge in [0.05, 0.1) is 0 Å². The number of ether oxygens (including phenoxy) is 1. The van der Waals surface area contributed by atoms with E-state index in [-0.39, 0.29) is 6.10 Å². The first kappa shape index (κ1) is 13.9. The molecule has 3 fully saturated rings. The standard InChI is InChI=1S/C15H24N4OS/c1-18(12-4-5-12)15-17-16-14(13-3-2-7-20-13)19(15)9-11-6-8-21-10-11/h11-13H,2-10H2,1H3. The molecule has 0 bridgehead atoms. The molecule has 1 saturated carbocycles. The predicted octanol–water partition coefficient (Wildman–Crippen LogP) is 2.48. The van der Waals surface area contributed by atoms with Gasteiger partial charge in [-0.05, 0) is 49.5 Å². The smallest absolute Gasteiger partial charge is 0.227 e. The number of thioether (sulfide) groups is 1. The molecule has 0 spiro atoms. The number of hydrogen-bond acceptors (Lipinski definition) is 5. The summed E-state index contributed by atoms with van der Waals surface area (Å²) in [5.74, 6) is 5.45. The van der Waals surface area contributed by atoms with Gasteiger partial charge in [0.15, 0.2) is 5.82 Å². The first-order valence-electron chi connectivity index (χ1n) is 8.18. The van der Waals surface area contributed by atoms with Crippen molar-refractivity contribution in [3.63, 3.8) is 0 Å². The lowest BCUT2D eigenvalue weighted by Crippen LogP contribution is -2.26. The lowest BCUT2D eigenvalue weighted by molar-refractivity contribution is 0.101. The Kier molecular flexibility index (Phi) is 3.83. The molecule has 1 aromatic heterocycles. The molecule has 3 heterocycles. The molecular formula is C15H24N4OS. The van der Waals surface area contributed by atoms with Crippen LogP contribution in [0.3, 0.4) is 0 Å². The van der Waals surface area contributed by atoms with Gasteiger partial charge in [-0.15, -0.1) is 10.2 Å². The van der Waals surface area contributed by atoms with Gasteiger partial charge in [-0.25, -0.2) is 0 Å². The van der Waals surface area contributed by atoms with Crippen LogP contribution in [-0.2, 0) is 11.3 Å². The highest BCUT2D eigenvalue weighted by atomic mass is 32.2. The highest BCUT2D eigenvalue weighted by molar-refractivity contribution is 7.99. The second-order valence-corrected chi connectivity index (χ2v) is 7.69. The van der Waals surface area contributed by atoms with Crippen molar-refractivity contribution in [1.29, 1.82) is 0 Å². The summed E-state index contributed by atoms with van der Waals surface area (Å²) in [6.07, 6.45) is 6.29. The third-order valence-corrected chi connectivity index (χ3v) is 6.08. The van der Waals surface area contributed by atoms with Gasteiger partial charge in [-0.3, -0.25) is 4.57 Å². The van der Waals surface area contributed by atoms with E-state index in [1.165, 1.54) is 30.8 Å². The summed E-state index contributed by atoms with van der Waals surface area (Å²) < 4.78 is 8.23. The zero-order valence-corrected chi connectivity index (χ0v) is 13.5. The zero-order valence-electron chi connectivity index (χ0n) is 12.7. The van der Waals surface area contributed by atoms with E-state index in [0.29, 0.717) is 6.04 Å². The summed E-state index contributed by atoms with van der Waals surface area (Å²) in [6.45, 7) is 1.92. The van der Waals surface area contributed by atoms with Crippen molar-refractivity contribution < 1.29 is 4.74 Å². The SMILES string of the molecule is CN(c1nnc(C2CCCO2)n1CC1CCSC1)C1CC1. The van der Waals surface area contributed by atoms with Gasteiger partial charge in [0.25, 0.3) is 0 Å². The number of rotatable bonds is 5. The van der Waals surface area contributed by atoms with Crippen LogP contribution in [0.1, 0.15) is 44.0 Å². The molecule has 5 nitrogen and oxygen atoms in total. The van der Waals surface area contributed by atoms with Crippen LogP contribution in [0.5, 0.6) is 0 Å².